The largest absolute Gasteiger partial charge is 0.497 e. The molecule has 3 N–H and O–H groups in total. The van der Waals surface area contributed by atoms with Crippen LogP contribution in [-0.2, 0) is 21.4 Å². The Morgan fingerprint density at radius 1 is 1.13 bits per heavy atom. The van der Waals surface area contributed by atoms with Gasteiger partial charge >= 0.3 is 0 Å². The Morgan fingerprint density at radius 2 is 1.87 bits per heavy atom. The zero-order valence-electron chi connectivity index (χ0n) is 16.8. The van der Waals surface area contributed by atoms with E-state index in [9.17, 15) is 18.0 Å². The number of rotatable bonds is 8. The van der Waals surface area contributed by atoms with Crippen LogP contribution < -0.4 is 20.8 Å². The Balaban J connectivity index is 1.60. The first-order chi connectivity index (χ1) is 14.8. The number of nitrogens with two attached hydrogens (primary N) is 1. The average Bonchev–Trinajstić information content (AvgIpc) is 2.75. The summed E-state index contributed by atoms with van der Waals surface area (Å²) in [6.07, 6.45) is 0.560. The molecule has 3 aromatic rings. The fourth-order valence-electron chi connectivity index (χ4n) is 2.89. The van der Waals surface area contributed by atoms with Crippen molar-refractivity contribution in [2.45, 2.75) is 24.3 Å². The predicted molar refractivity (Wildman–Crippen MR) is 116 cm³/mol. The van der Waals surface area contributed by atoms with Crippen LogP contribution in [-0.4, -0.2) is 31.2 Å². The van der Waals surface area contributed by atoms with Crippen molar-refractivity contribution in [1.29, 1.82) is 0 Å². The van der Waals surface area contributed by atoms with E-state index in [0.29, 0.717) is 23.6 Å². The lowest BCUT2D eigenvalue weighted by Crippen LogP contribution is -2.23. The number of benzene rings is 2. The molecule has 3 rings (SSSR count). The Hall–Kier alpha value is -3.50. The molecule has 0 bridgehead atoms. The van der Waals surface area contributed by atoms with Gasteiger partial charge in [0.25, 0.3) is 5.56 Å². The van der Waals surface area contributed by atoms with Gasteiger partial charge in [0.1, 0.15) is 5.75 Å². The summed E-state index contributed by atoms with van der Waals surface area (Å²) in [7, 11) is -2.21. The lowest BCUT2D eigenvalue weighted by Gasteiger charge is -2.09. The molecule has 162 valence electrons. The fraction of sp³-hybridized carbons (Fsp3) is 0.190. The highest BCUT2D eigenvalue weighted by molar-refractivity contribution is 7.89. The lowest BCUT2D eigenvalue weighted by molar-refractivity contribution is -0.116. The molecule has 0 saturated carbocycles. The molecule has 0 unspecified atom stereocenters. The zero-order chi connectivity index (χ0) is 22.4. The van der Waals surface area contributed by atoms with E-state index in [1.807, 2.05) is 24.3 Å². The van der Waals surface area contributed by atoms with Crippen molar-refractivity contribution in [3.63, 3.8) is 0 Å². The summed E-state index contributed by atoms with van der Waals surface area (Å²) in [5.74, 6) is 0.422. The molecule has 1 aromatic heterocycles. The SMILES string of the molecule is COc1cccc(-c2ccc(=O)n(CCCC(=O)Nc3ccc(S(N)(=O)=O)cc3)n2)c1. The van der Waals surface area contributed by atoms with Crippen molar-refractivity contribution in [3.8, 4) is 17.0 Å². The smallest absolute Gasteiger partial charge is 0.266 e. The molecule has 0 saturated heterocycles. The van der Waals surface area contributed by atoms with Crippen LogP contribution in [0.2, 0.25) is 0 Å². The standard InChI is InChI=1S/C21H22N4O5S/c1-30-17-5-2-4-15(14-17)19-11-12-21(27)25(24-19)13-3-6-20(26)23-16-7-9-18(10-8-16)31(22,28)29/h2,4-5,7-12,14H,3,6,13H2,1H3,(H,23,26)(H2,22,28,29). The molecule has 1 heterocycles. The first-order valence-electron chi connectivity index (χ1n) is 9.41. The minimum Gasteiger partial charge on any atom is -0.497 e. The third kappa shape index (κ3) is 6.00. The van der Waals surface area contributed by atoms with Crippen molar-refractivity contribution in [3.05, 3.63) is 71.0 Å². The van der Waals surface area contributed by atoms with Gasteiger partial charge < -0.3 is 10.1 Å². The van der Waals surface area contributed by atoms with E-state index in [-0.39, 0.29) is 29.3 Å². The van der Waals surface area contributed by atoms with Crippen LogP contribution in [0.15, 0.2) is 70.4 Å². The summed E-state index contributed by atoms with van der Waals surface area (Å²) in [5, 5.41) is 12.1. The molecule has 31 heavy (non-hydrogen) atoms. The normalized spacial score (nSPS) is 11.2. The number of aromatic nitrogens is 2. The minimum atomic E-state index is -3.78. The second kappa shape index (κ2) is 9.54. The number of ether oxygens (including phenoxy) is 1. The van der Waals surface area contributed by atoms with Gasteiger partial charge in [-0.2, -0.15) is 5.10 Å². The molecule has 2 aromatic carbocycles. The van der Waals surface area contributed by atoms with Gasteiger partial charge in [0.2, 0.25) is 15.9 Å². The van der Waals surface area contributed by atoms with Crippen LogP contribution in [0.3, 0.4) is 0 Å². The second-order valence-electron chi connectivity index (χ2n) is 6.73. The van der Waals surface area contributed by atoms with E-state index >= 15 is 0 Å². The number of hydrogen-bond donors (Lipinski definition) is 2. The van der Waals surface area contributed by atoms with E-state index in [1.165, 1.54) is 35.0 Å². The first-order valence-corrected chi connectivity index (χ1v) is 11.0. The van der Waals surface area contributed by atoms with E-state index in [0.717, 1.165) is 5.56 Å². The summed E-state index contributed by atoms with van der Waals surface area (Å²) in [5.41, 5.74) is 1.63. The number of amides is 1. The van der Waals surface area contributed by atoms with Crippen molar-refractivity contribution in [1.82, 2.24) is 9.78 Å². The summed E-state index contributed by atoms with van der Waals surface area (Å²) < 4.78 is 29.1. The number of methoxy groups -OCH3 is 1. The van der Waals surface area contributed by atoms with Crippen LogP contribution >= 0.6 is 0 Å². The van der Waals surface area contributed by atoms with Crippen molar-refractivity contribution in [2.24, 2.45) is 5.14 Å². The lowest BCUT2D eigenvalue weighted by atomic mass is 10.1. The summed E-state index contributed by atoms with van der Waals surface area (Å²) in [6.45, 7) is 0.272. The molecule has 0 spiro atoms. The second-order valence-corrected chi connectivity index (χ2v) is 8.29. The Labute approximate surface area is 179 Å². The molecule has 9 nitrogen and oxygen atoms in total. The Kier molecular flexibility index (Phi) is 6.83. The van der Waals surface area contributed by atoms with Crippen LogP contribution in [0, 0.1) is 0 Å². The maximum Gasteiger partial charge on any atom is 0.266 e. The highest BCUT2D eigenvalue weighted by Gasteiger charge is 2.09. The summed E-state index contributed by atoms with van der Waals surface area (Å²) in [4.78, 5) is 24.2. The summed E-state index contributed by atoms with van der Waals surface area (Å²) >= 11 is 0. The van der Waals surface area contributed by atoms with Gasteiger partial charge in [-0.05, 0) is 48.9 Å². The highest BCUT2D eigenvalue weighted by atomic mass is 32.2. The fourth-order valence-corrected chi connectivity index (χ4v) is 3.40. The molecule has 0 radical (unpaired) electrons. The van der Waals surface area contributed by atoms with Crippen molar-refractivity contribution < 1.29 is 17.9 Å². The molecule has 0 aliphatic rings. The van der Waals surface area contributed by atoms with E-state index < -0.39 is 10.0 Å². The zero-order valence-corrected chi connectivity index (χ0v) is 17.6. The number of nitrogens with zero attached hydrogens (tertiary/aromatic N) is 2. The third-order valence-corrected chi connectivity index (χ3v) is 5.40. The summed E-state index contributed by atoms with van der Waals surface area (Å²) in [6, 6.07) is 16.0. The number of carbonyl (C=O) groups excluding carboxylic acids is 1. The molecular weight excluding hydrogens is 420 g/mol. The van der Waals surface area contributed by atoms with E-state index in [4.69, 9.17) is 9.88 Å². The average molecular weight is 442 g/mol. The van der Waals surface area contributed by atoms with Gasteiger partial charge in [-0.15, -0.1) is 0 Å². The van der Waals surface area contributed by atoms with Gasteiger partial charge in [0, 0.05) is 30.3 Å². The quantitative estimate of drug-likeness (QED) is 0.548. The molecule has 10 heteroatoms. The molecule has 0 aliphatic carbocycles. The van der Waals surface area contributed by atoms with Gasteiger partial charge in [-0.3, -0.25) is 9.59 Å². The van der Waals surface area contributed by atoms with Crippen LogP contribution in [0.1, 0.15) is 12.8 Å². The highest BCUT2D eigenvalue weighted by Crippen LogP contribution is 2.21. The maximum absolute atomic E-state index is 12.2. The third-order valence-electron chi connectivity index (χ3n) is 4.47. The number of carbonyl (C=O) groups is 1. The van der Waals surface area contributed by atoms with Crippen molar-refractivity contribution in [2.75, 3.05) is 12.4 Å². The first kappa shape index (κ1) is 22.2. The van der Waals surface area contributed by atoms with E-state index in [2.05, 4.69) is 10.4 Å². The van der Waals surface area contributed by atoms with Gasteiger partial charge in [-0.25, -0.2) is 18.2 Å². The number of hydrogen-bond acceptors (Lipinski definition) is 6. The number of primary sulfonamides is 1. The Morgan fingerprint density at radius 3 is 2.55 bits per heavy atom. The number of nitrogens with one attached hydrogen (secondary N) is 1. The number of aryl methyl sites for hydroxylation is 1. The molecule has 1 amide bonds. The van der Waals surface area contributed by atoms with Crippen LogP contribution in [0.5, 0.6) is 5.75 Å². The number of sulfonamides is 1. The molecule has 0 atom stereocenters. The topological polar surface area (TPSA) is 133 Å². The van der Waals surface area contributed by atoms with E-state index in [1.54, 1.807) is 13.2 Å². The predicted octanol–water partition coefficient (Wildman–Crippen LogP) is 1.99. The van der Waals surface area contributed by atoms with Crippen LogP contribution in [0.4, 0.5) is 5.69 Å². The van der Waals surface area contributed by atoms with Gasteiger partial charge in [0.05, 0.1) is 17.7 Å². The molecule has 0 fully saturated rings. The molecule has 0 aliphatic heterocycles. The van der Waals surface area contributed by atoms with Gasteiger partial charge in [-0.1, -0.05) is 12.1 Å². The Bertz CT molecular complexity index is 1240. The molecular formula is C21H22N4O5S. The van der Waals surface area contributed by atoms with Crippen molar-refractivity contribution >= 4 is 21.6 Å². The number of anilines is 1. The van der Waals surface area contributed by atoms with Gasteiger partial charge in [0.15, 0.2) is 0 Å². The minimum absolute atomic E-state index is 0.0353. The monoisotopic (exact) mass is 442 g/mol. The maximum atomic E-state index is 12.2. The van der Waals surface area contributed by atoms with Crippen LogP contribution in [0.25, 0.3) is 11.3 Å².